The third-order valence-electron chi connectivity index (χ3n) is 4.71. The van der Waals surface area contributed by atoms with Crippen molar-refractivity contribution >= 4 is 24.3 Å². The minimum Gasteiger partial charge on any atom is -0.494 e. The summed E-state index contributed by atoms with van der Waals surface area (Å²) in [5.41, 5.74) is 0. The normalized spacial score (nSPS) is 11.7. The molecular weight excluding hydrogens is 518 g/mol. The van der Waals surface area contributed by atoms with Gasteiger partial charge in [0.05, 0.1) is 20.3 Å². The number of amides is 1. The Balaban J connectivity index is 4.83. The molecule has 0 bridgehead atoms. The Bertz CT molecular complexity index is 817. The summed E-state index contributed by atoms with van der Waals surface area (Å²) in [5.74, 6) is -2.08. The number of rotatable bonds is 23. The van der Waals surface area contributed by atoms with E-state index in [1.165, 1.54) is 14.0 Å². The van der Waals surface area contributed by atoms with Crippen molar-refractivity contribution in [1.82, 2.24) is 5.32 Å². The SMILES string of the molecule is CO/C(COC(=O)C(COC(=O)CCCCCO[N+](=O)[O-])NC(=O)CCCCCO[N+](=O)[O-])=C(/C)OC=O. The molecule has 0 fully saturated rings. The highest BCUT2D eigenvalue weighted by Crippen LogP contribution is 2.08. The van der Waals surface area contributed by atoms with Gasteiger partial charge in [0.2, 0.25) is 5.91 Å². The number of hydrogen-bond acceptors (Lipinski definition) is 14. The van der Waals surface area contributed by atoms with Crippen LogP contribution in [0, 0.1) is 20.2 Å². The molecule has 38 heavy (non-hydrogen) atoms. The van der Waals surface area contributed by atoms with Gasteiger partial charge in [0.1, 0.15) is 12.4 Å². The molecular formula is C21H33N3O14. The molecule has 0 aromatic heterocycles. The number of nitrogens with one attached hydrogen (secondary N) is 1. The van der Waals surface area contributed by atoms with Gasteiger partial charge in [-0.25, -0.2) is 4.79 Å². The Hall–Kier alpha value is -4.18. The van der Waals surface area contributed by atoms with Crippen LogP contribution in [0.4, 0.5) is 0 Å². The summed E-state index contributed by atoms with van der Waals surface area (Å²) in [6, 6.07) is -1.36. The molecule has 0 rings (SSSR count). The molecule has 0 aromatic rings. The van der Waals surface area contributed by atoms with E-state index in [4.69, 9.17) is 14.2 Å². The summed E-state index contributed by atoms with van der Waals surface area (Å²) >= 11 is 0. The minimum atomic E-state index is -1.36. The van der Waals surface area contributed by atoms with Gasteiger partial charge in [0, 0.05) is 12.8 Å². The number of carbonyl (C=O) groups excluding carboxylic acids is 4. The molecule has 0 aromatic carbocycles. The summed E-state index contributed by atoms with van der Waals surface area (Å²) in [6.07, 6.45) is 2.30. The maximum absolute atomic E-state index is 12.6. The van der Waals surface area contributed by atoms with E-state index in [0.29, 0.717) is 38.5 Å². The Morgan fingerprint density at radius 3 is 2.00 bits per heavy atom. The van der Waals surface area contributed by atoms with E-state index < -0.39 is 47.3 Å². The molecule has 1 atom stereocenters. The van der Waals surface area contributed by atoms with E-state index in [-0.39, 0.29) is 44.0 Å². The van der Waals surface area contributed by atoms with Crippen LogP contribution >= 0.6 is 0 Å². The van der Waals surface area contributed by atoms with Gasteiger partial charge in [-0.3, -0.25) is 14.4 Å². The zero-order chi connectivity index (χ0) is 28.8. The highest BCUT2D eigenvalue weighted by Gasteiger charge is 2.25. The zero-order valence-corrected chi connectivity index (χ0v) is 21.2. The average Bonchev–Trinajstić information content (AvgIpc) is 2.85. The van der Waals surface area contributed by atoms with Crippen LogP contribution in [0.1, 0.15) is 58.3 Å². The van der Waals surface area contributed by atoms with E-state index in [1.807, 2.05) is 0 Å². The number of allylic oxidation sites excluding steroid dienone is 1. The molecule has 1 unspecified atom stereocenters. The van der Waals surface area contributed by atoms with Gasteiger partial charge in [0.15, 0.2) is 18.4 Å². The van der Waals surface area contributed by atoms with Crippen molar-refractivity contribution in [2.75, 3.05) is 33.5 Å². The van der Waals surface area contributed by atoms with E-state index in [9.17, 15) is 39.4 Å². The fraction of sp³-hybridized carbons (Fsp3) is 0.714. The first-order valence-electron chi connectivity index (χ1n) is 11.6. The second-order valence-corrected chi connectivity index (χ2v) is 7.54. The lowest BCUT2D eigenvalue weighted by molar-refractivity contribution is -0.757. The molecule has 0 heterocycles. The lowest BCUT2D eigenvalue weighted by Crippen LogP contribution is -2.45. The van der Waals surface area contributed by atoms with E-state index in [1.54, 1.807) is 0 Å². The van der Waals surface area contributed by atoms with Crippen molar-refractivity contribution in [3.8, 4) is 0 Å². The molecule has 0 aliphatic heterocycles. The molecule has 0 radical (unpaired) electrons. The molecule has 0 saturated carbocycles. The molecule has 1 amide bonds. The molecule has 17 nitrogen and oxygen atoms in total. The molecule has 17 heteroatoms. The van der Waals surface area contributed by atoms with Crippen LogP contribution in [0.25, 0.3) is 0 Å². The van der Waals surface area contributed by atoms with Gasteiger partial charge in [0.25, 0.3) is 16.6 Å². The third-order valence-corrected chi connectivity index (χ3v) is 4.71. The summed E-state index contributed by atoms with van der Waals surface area (Å²) < 4.78 is 19.8. The van der Waals surface area contributed by atoms with Crippen LogP contribution in [0.3, 0.4) is 0 Å². The first kappa shape index (κ1) is 33.8. The number of methoxy groups -OCH3 is 1. The van der Waals surface area contributed by atoms with Gasteiger partial charge in [-0.1, -0.05) is 12.8 Å². The van der Waals surface area contributed by atoms with Gasteiger partial charge in [-0.2, -0.15) is 0 Å². The maximum Gasteiger partial charge on any atom is 0.332 e. The third kappa shape index (κ3) is 18.1. The van der Waals surface area contributed by atoms with E-state index in [0.717, 1.165) is 0 Å². The number of carbonyl (C=O) groups is 4. The van der Waals surface area contributed by atoms with Crippen molar-refractivity contribution < 1.29 is 58.0 Å². The monoisotopic (exact) mass is 551 g/mol. The topological polar surface area (TPSA) is 222 Å². The molecule has 0 spiro atoms. The summed E-state index contributed by atoms with van der Waals surface area (Å²) in [7, 11) is 1.27. The van der Waals surface area contributed by atoms with Gasteiger partial charge < -0.3 is 33.9 Å². The smallest absolute Gasteiger partial charge is 0.332 e. The van der Waals surface area contributed by atoms with Crippen molar-refractivity contribution in [3.05, 3.63) is 31.7 Å². The summed E-state index contributed by atoms with van der Waals surface area (Å²) in [5, 5.41) is 20.8. The van der Waals surface area contributed by atoms with Gasteiger partial charge >= 0.3 is 11.9 Å². The second-order valence-electron chi connectivity index (χ2n) is 7.54. The quantitative estimate of drug-likeness (QED) is 0.0358. The van der Waals surface area contributed by atoms with Crippen molar-refractivity contribution in [2.45, 2.75) is 64.3 Å². The highest BCUT2D eigenvalue weighted by atomic mass is 17.0. The lowest BCUT2D eigenvalue weighted by Gasteiger charge is -2.18. The van der Waals surface area contributed by atoms with Crippen LogP contribution < -0.4 is 5.32 Å². The number of esters is 2. The van der Waals surface area contributed by atoms with Crippen LogP contribution in [0.15, 0.2) is 11.5 Å². The van der Waals surface area contributed by atoms with Crippen LogP contribution in [0.2, 0.25) is 0 Å². The summed E-state index contributed by atoms with van der Waals surface area (Å²) in [4.78, 5) is 76.0. The second kappa shape index (κ2) is 21.0. The lowest BCUT2D eigenvalue weighted by atomic mass is 10.2. The van der Waals surface area contributed by atoms with Crippen molar-refractivity contribution in [1.29, 1.82) is 0 Å². The largest absolute Gasteiger partial charge is 0.494 e. The van der Waals surface area contributed by atoms with Gasteiger partial charge in [-0.05, 0) is 32.6 Å². The first-order chi connectivity index (χ1) is 18.1. The number of hydrogen-bond donors (Lipinski definition) is 1. The van der Waals surface area contributed by atoms with Crippen molar-refractivity contribution in [2.24, 2.45) is 0 Å². The van der Waals surface area contributed by atoms with E-state index >= 15 is 0 Å². The van der Waals surface area contributed by atoms with Gasteiger partial charge in [-0.15, -0.1) is 20.2 Å². The van der Waals surface area contributed by atoms with E-state index in [2.05, 4.69) is 19.7 Å². The Kier molecular flexibility index (Phi) is 18.7. The fourth-order valence-electron chi connectivity index (χ4n) is 2.75. The molecule has 0 aliphatic carbocycles. The Morgan fingerprint density at radius 2 is 1.47 bits per heavy atom. The predicted molar refractivity (Wildman–Crippen MR) is 124 cm³/mol. The average molecular weight is 552 g/mol. The number of unbranched alkanes of at least 4 members (excludes halogenated alkanes) is 4. The zero-order valence-electron chi connectivity index (χ0n) is 21.2. The van der Waals surface area contributed by atoms with Crippen molar-refractivity contribution in [3.63, 3.8) is 0 Å². The van der Waals surface area contributed by atoms with Crippen LogP contribution in [-0.4, -0.2) is 74.1 Å². The summed E-state index contributed by atoms with van der Waals surface area (Å²) in [6.45, 7) is 0.406. The molecule has 216 valence electrons. The molecule has 0 saturated heterocycles. The molecule has 0 aliphatic rings. The number of nitrogens with zero attached hydrogens (tertiary/aromatic N) is 2. The predicted octanol–water partition coefficient (Wildman–Crippen LogP) is 1.15. The molecule has 1 N–H and O–H groups in total. The van der Waals surface area contributed by atoms with Crippen LogP contribution in [0.5, 0.6) is 0 Å². The fourth-order valence-corrected chi connectivity index (χ4v) is 2.75. The number of ether oxygens (including phenoxy) is 4. The minimum absolute atomic E-state index is 0.0160. The Morgan fingerprint density at radius 1 is 0.895 bits per heavy atom. The first-order valence-corrected chi connectivity index (χ1v) is 11.6. The highest BCUT2D eigenvalue weighted by molar-refractivity contribution is 5.85. The Labute approximate surface area is 217 Å². The standard InChI is InChI=1S/C21H33N3O14/c1-16(36-15-25)18(33-2)14-35-21(28)17(22-19(26)9-5-3-7-11-37-23(29)30)13-34-20(27)10-6-4-8-12-38-24(31)32/h15,17H,3-14H2,1-2H3,(H,22,26)/b18-16-. The maximum atomic E-state index is 12.6. The van der Waals surface area contributed by atoms with Crippen LogP contribution in [-0.2, 0) is 47.8 Å².